The number of carbonyl (C=O) groups is 2. The summed E-state index contributed by atoms with van der Waals surface area (Å²) in [5.74, 6) is -1.22. The molecule has 0 unspecified atom stereocenters. The van der Waals surface area contributed by atoms with Gasteiger partial charge in [-0.15, -0.1) is 0 Å². The van der Waals surface area contributed by atoms with E-state index in [-0.39, 0.29) is 18.9 Å². The second-order valence-electron chi connectivity index (χ2n) is 7.98. The van der Waals surface area contributed by atoms with Crippen LogP contribution in [0.2, 0.25) is 0 Å². The summed E-state index contributed by atoms with van der Waals surface area (Å²) in [4.78, 5) is 32.5. The first-order chi connectivity index (χ1) is 16.1. The van der Waals surface area contributed by atoms with Crippen LogP contribution in [0.4, 0.5) is 4.79 Å². The van der Waals surface area contributed by atoms with Gasteiger partial charge in [-0.25, -0.2) is 19.6 Å². The van der Waals surface area contributed by atoms with Crippen LogP contribution in [0.1, 0.15) is 22.6 Å². The number of hydrogen-bond acceptors (Lipinski definition) is 5. The van der Waals surface area contributed by atoms with E-state index in [9.17, 15) is 14.7 Å². The lowest BCUT2D eigenvalue weighted by Crippen LogP contribution is -2.42. The van der Waals surface area contributed by atoms with E-state index in [2.05, 4.69) is 27.4 Å². The number of aliphatic carboxylic acids is 1. The molecule has 0 spiro atoms. The van der Waals surface area contributed by atoms with E-state index in [1.165, 1.54) is 6.33 Å². The van der Waals surface area contributed by atoms with Gasteiger partial charge in [-0.05, 0) is 39.9 Å². The van der Waals surface area contributed by atoms with E-state index < -0.39 is 18.1 Å². The molecule has 0 saturated heterocycles. The molecule has 2 N–H and O–H groups in total. The number of ether oxygens (including phenoxy) is 1. The first-order valence-corrected chi connectivity index (χ1v) is 10.6. The highest BCUT2D eigenvalue weighted by Crippen LogP contribution is 2.44. The summed E-state index contributed by atoms with van der Waals surface area (Å²) >= 11 is 0. The Bertz CT molecular complexity index is 1310. The number of nitrogens with zero attached hydrogens (tertiary/aromatic N) is 2. The predicted molar refractivity (Wildman–Crippen MR) is 123 cm³/mol. The van der Waals surface area contributed by atoms with E-state index in [0.717, 1.165) is 38.7 Å². The van der Waals surface area contributed by atoms with Crippen LogP contribution in [0.5, 0.6) is 0 Å². The van der Waals surface area contributed by atoms with Crippen molar-refractivity contribution < 1.29 is 19.4 Å². The maximum Gasteiger partial charge on any atom is 0.407 e. The van der Waals surface area contributed by atoms with Gasteiger partial charge in [-0.2, -0.15) is 0 Å². The lowest BCUT2D eigenvalue weighted by Gasteiger charge is -2.17. The molecule has 1 aliphatic rings. The molecule has 1 heterocycles. The van der Waals surface area contributed by atoms with Crippen molar-refractivity contribution in [1.82, 2.24) is 15.3 Å². The smallest absolute Gasteiger partial charge is 0.407 e. The van der Waals surface area contributed by atoms with Crippen molar-refractivity contribution in [2.75, 3.05) is 6.61 Å². The molecule has 0 fully saturated rings. The molecule has 7 heteroatoms. The molecule has 164 valence electrons. The van der Waals surface area contributed by atoms with Crippen LogP contribution in [-0.2, 0) is 16.0 Å². The molecule has 3 aromatic carbocycles. The van der Waals surface area contributed by atoms with Gasteiger partial charge in [-0.3, -0.25) is 0 Å². The van der Waals surface area contributed by atoms with Crippen molar-refractivity contribution in [3.05, 3.63) is 95.9 Å². The maximum atomic E-state index is 12.5. The number of carbonyl (C=O) groups excluding carboxylic acids is 1. The fraction of sp³-hybridized carbons (Fsp3) is 0.154. The Hall–Kier alpha value is -4.26. The Labute approximate surface area is 190 Å². The van der Waals surface area contributed by atoms with Crippen LogP contribution < -0.4 is 5.32 Å². The van der Waals surface area contributed by atoms with Crippen LogP contribution >= 0.6 is 0 Å². The summed E-state index contributed by atoms with van der Waals surface area (Å²) in [6.07, 6.45) is 2.49. The van der Waals surface area contributed by atoms with Crippen molar-refractivity contribution in [2.45, 2.75) is 18.4 Å². The first-order valence-electron chi connectivity index (χ1n) is 10.6. The highest BCUT2D eigenvalue weighted by atomic mass is 16.5. The lowest BCUT2D eigenvalue weighted by atomic mass is 9.98. The van der Waals surface area contributed by atoms with Gasteiger partial charge in [0, 0.05) is 23.9 Å². The molecule has 1 amide bonds. The predicted octanol–water partition coefficient (Wildman–Crippen LogP) is 4.16. The average molecular weight is 439 g/mol. The van der Waals surface area contributed by atoms with Crippen LogP contribution in [0.25, 0.3) is 22.0 Å². The lowest BCUT2D eigenvalue weighted by molar-refractivity contribution is -0.139. The van der Waals surface area contributed by atoms with Gasteiger partial charge >= 0.3 is 12.1 Å². The Kier molecular flexibility index (Phi) is 5.44. The molecular formula is C26H21N3O4. The number of alkyl carbamates (subject to hydrolysis) is 1. The minimum atomic E-state index is -1.13. The molecule has 4 aromatic rings. The van der Waals surface area contributed by atoms with Crippen LogP contribution in [0, 0.1) is 0 Å². The maximum absolute atomic E-state index is 12.5. The monoisotopic (exact) mass is 439 g/mol. The zero-order valence-corrected chi connectivity index (χ0v) is 17.6. The van der Waals surface area contributed by atoms with E-state index in [0.29, 0.717) is 0 Å². The van der Waals surface area contributed by atoms with Gasteiger partial charge < -0.3 is 15.2 Å². The van der Waals surface area contributed by atoms with Gasteiger partial charge in [0.15, 0.2) is 0 Å². The molecule has 0 aliphatic heterocycles. The van der Waals surface area contributed by atoms with Crippen molar-refractivity contribution in [3.63, 3.8) is 0 Å². The van der Waals surface area contributed by atoms with Crippen molar-refractivity contribution in [1.29, 1.82) is 0 Å². The van der Waals surface area contributed by atoms with E-state index in [1.54, 1.807) is 18.3 Å². The molecule has 7 nitrogen and oxygen atoms in total. The summed E-state index contributed by atoms with van der Waals surface area (Å²) in [5.41, 5.74) is 5.98. The zero-order chi connectivity index (χ0) is 22.8. The Balaban J connectivity index is 1.27. The number of hydrogen-bond donors (Lipinski definition) is 2. The summed E-state index contributed by atoms with van der Waals surface area (Å²) < 4.78 is 5.49. The SMILES string of the molecule is O=C(N[C@@H](Cc1ccc2ncncc2c1)C(=O)O)OCC1c2ccccc2-c2ccccc21. The topological polar surface area (TPSA) is 101 Å². The third-order valence-corrected chi connectivity index (χ3v) is 5.94. The number of carboxylic acids is 1. The zero-order valence-electron chi connectivity index (χ0n) is 17.6. The first kappa shape index (κ1) is 20.6. The van der Waals surface area contributed by atoms with Crippen LogP contribution in [0.15, 0.2) is 79.3 Å². The molecule has 0 radical (unpaired) electrons. The molecule has 0 saturated carbocycles. The summed E-state index contributed by atoms with van der Waals surface area (Å²) in [7, 11) is 0. The molecule has 33 heavy (non-hydrogen) atoms. The number of carboxylic acid groups (broad SMARTS) is 1. The van der Waals surface area contributed by atoms with Crippen LogP contribution in [0.3, 0.4) is 0 Å². The van der Waals surface area contributed by atoms with E-state index in [4.69, 9.17) is 4.74 Å². The fourth-order valence-corrected chi connectivity index (χ4v) is 4.38. The van der Waals surface area contributed by atoms with Crippen LogP contribution in [-0.4, -0.2) is 39.8 Å². The summed E-state index contributed by atoms with van der Waals surface area (Å²) in [5, 5.41) is 12.9. The minimum Gasteiger partial charge on any atom is -0.480 e. The number of fused-ring (bicyclic) bond motifs is 4. The molecule has 5 rings (SSSR count). The molecule has 1 aromatic heterocycles. The fourth-order valence-electron chi connectivity index (χ4n) is 4.38. The van der Waals surface area contributed by atoms with Gasteiger partial charge in [0.2, 0.25) is 0 Å². The highest BCUT2D eigenvalue weighted by molar-refractivity contribution is 5.82. The van der Waals surface area contributed by atoms with Gasteiger partial charge in [-0.1, -0.05) is 54.6 Å². The number of nitrogens with one attached hydrogen (secondary N) is 1. The normalized spacial score (nSPS) is 13.2. The van der Waals surface area contributed by atoms with Crippen molar-refractivity contribution in [2.24, 2.45) is 0 Å². The van der Waals surface area contributed by atoms with Crippen molar-refractivity contribution >= 4 is 23.0 Å². The minimum absolute atomic E-state index is 0.0908. The standard InChI is InChI=1S/C26H21N3O4/c30-25(31)24(12-16-9-10-23-17(11-16)13-27-15-28-23)29-26(32)33-14-22-20-7-3-1-5-18(20)19-6-2-4-8-21(19)22/h1-11,13,15,22,24H,12,14H2,(H,29,32)(H,30,31)/t24-/m0/s1. The largest absolute Gasteiger partial charge is 0.480 e. The van der Waals surface area contributed by atoms with Gasteiger partial charge in [0.05, 0.1) is 5.52 Å². The number of amides is 1. The number of aromatic nitrogens is 2. The summed E-state index contributed by atoms with van der Waals surface area (Å²) in [6.45, 7) is 0.125. The molecule has 1 atom stereocenters. The quantitative estimate of drug-likeness (QED) is 0.468. The Morgan fingerprint density at radius 1 is 1.00 bits per heavy atom. The van der Waals surface area contributed by atoms with Crippen molar-refractivity contribution in [3.8, 4) is 11.1 Å². The summed E-state index contributed by atoms with van der Waals surface area (Å²) in [6, 6.07) is 20.4. The Morgan fingerprint density at radius 2 is 1.70 bits per heavy atom. The third kappa shape index (κ3) is 4.13. The second-order valence-corrected chi connectivity index (χ2v) is 7.98. The molecular weight excluding hydrogens is 418 g/mol. The highest BCUT2D eigenvalue weighted by Gasteiger charge is 2.29. The second kappa shape index (κ2) is 8.70. The molecule has 0 bridgehead atoms. The number of rotatable bonds is 6. The van der Waals surface area contributed by atoms with Gasteiger partial charge in [0.1, 0.15) is 19.0 Å². The number of benzene rings is 3. The van der Waals surface area contributed by atoms with Gasteiger partial charge in [0.25, 0.3) is 0 Å². The average Bonchev–Trinajstić information content (AvgIpc) is 3.16. The molecule has 1 aliphatic carbocycles. The van der Waals surface area contributed by atoms with E-state index >= 15 is 0 Å². The van der Waals surface area contributed by atoms with E-state index in [1.807, 2.05) is 42.5 Å². The Morgan fingerprint density at radius 3 is 2.39 bits per heavy atom. The third-order valence-electron chi connectivity index (χ3n) is 5.94.